The van der Waals surface area contributed by atoms with Gasteiger partial charge in [0.05, 0.1) is 0 Å². The Labute approximate surface area is 126 Å². The van der Waals surface area contributed by atoms with E-state index in [-0.39, 0.29) is 0 Å². The zero-order chi connectivity index (χ0) is 13.1. The molecule has 0 radical (unpaired) electrons. The maximum absolute atomic E-state index is 6.19. The van der Waals surface area contributed by atoms with Crippen LogP contribution in [-0.4, -0.2) is 37.3 Å². The second kappa shape index (κ2) is 6.20. The van der Waals surface area contributed by atoms with Crippen LogP contribution in [-0.2, 0) is 6.54 Å². The van der Waals surface area contributed by atoms with Crippen LogP contribution in [0.3, 0.4) is 0 Å². The summed E-state index contributed by atoms with van der Waals surface area (Å²) in [7, 11) is 0. The summed E-state index contributed by atoms with van der Waals surface area (Å²) in [6, 6.07) is 10.1. The molecule has 1 atom stereocenters. The molecule has 1 saturated heterocycles. The van der Waals surface area contributed by atoms with E-state index in [1.807, 2.05) is 58.4 Å². The maximum atomic E-state index is 6.19. The molecule has 1 unspecified atom stereocenters. The van der Waals surface area contributed by atoms with Crippen molar-refractivity contribution in [2.45, 2.75) is 11.8 Å². The fourth-order valence-corrected chi connectivity index (χ4v) is 4.93. The van der Waals surface area contributed by atoms with Crippen molar-refractivity contribution in [3.8, 4) is 11.4 Å². The highest BCUT2D eigenvalue weighted by Gasteiger charge is 2.19. The summed E-state index contributed by atoms with van der Waals surface area (Å²) in [5.41, 5.74) is 1.07. The number of benzene rings is 1. The molecule has 6 heteroatoms. The van der Waals surface area contributed by atoms with Crippen molar-refractivity contribution in [1.29, 1.82) is 0 Å². The third kappa shape index (κ3) is 3.09. The fourth-order valence-electron chi connectivity index (χ4n) is 2.09. The van der Waals surface area contributed by atoms with Gasteiger partial charge in [-0.3, -0.25) is 4.57 Å². The smallest absolute Gasteiger partial charge is 0.225 e. The molecule has 0 saturated carbocycles. The second-order valence-corrected chi connectivity index (χ2v) is 7.23. The third-order valence-corrected chi connectivity index (χ3v) is 6.12. The van der Waals surface area contributed by atoms with E-state index in [0.29, 0.717) is 10.5 Å². The number of halogens is 1. The van der Waals surface area contributed by atoms with Crippen molar-refractivity contribution >= 4 is 35.1 Å². The first kappa shape index (κ1) is 13.3. The Bertz CT molecular complexity index is 538. The molecule has 100 valence electrons. The number of hydrogen-bond donors (Lipinski definition) is 0. The molecule has 0 aliphatic carbocycles. The van der Waals surface area contributed by atoms with Crippen LogP contribution in [0.15, 0.2) is 30.3 Å². The van der Waals surface area contributed by atoms with E-state index in [2.05, 4.69) is 10.2 Å². The molecule has 3 rings (SSSR count). The van der Waals surface area contributed by atoms with Gasteiger partial charge in [-0.2, -0.15) is 23.5 Å². The highest BCUT2D eigenvalue weighted by molar-refractivity contribution is 8.06. The molecule has 1 aliphatic rings. The molecule has 2 heterocycles. The lowest BCUT2D eigenvalue weighted by Gasteiger charge is -2.22. The van der Waals surface area contributed by atoms with E-state index in [1.54, 1.807) is 0 Å². The summed E-state index contributed by atoms with van der Waals surface area (Å²) in [6.07, 6.45) is 0. The number of thioether (sulfide) groups is 2. The minimum Gasteiger partial charge on any atom is -0.297 e. The van der Waals surface area contributed by atoms with E-state index in [0.717, 1.165) is 17.9 Å². The Kier molecular flexibility index (Phi) is 4.35. The number of nitrogens with zero attached hydrogens (tertiary/aromatic N) is 3. The Balaban J connectivity index is 1.86. The average molecular weight is 312 g/mol. The molecule has 1 aromatic heterocycles. The van der Waals surface area contributed by atoms with E-state index in [9.17, 15) is 0 Å². The van der Waals surface area contributed by atoms with Crippen molar-refractivity contribution in [2.75, 3.05) is 17.3 Å². The Hall–Kier alpha value is -0.650. The largest absolute Gasteiger partial charge is 0.297 e. The van der Waals surface area contributed by atoms with Gasteiger partial charge in [0.15, 0.2) is 5.82 Å². The number of hydrogen-bond acceptors (Lipinski definition) is 4. The van der Waals surface area contributed by atoms with Gasteiger partial charge >= 0.3 is 0 Å². The van der Waals surface area contributed by atoms with Gasteiger partial charge in [0.2, 0.25) is 5.28 Å². The monoisotopic (exact) mass is 311 g/mol. The topological polar surface area (TPSA) is 30.7 Å². The van der Waals surface area contributed by atoms with Gasteiger partial charge < -0.3 is 0 Å². The van der Waals surface area contributed by atoms with Crippen molar-refractivity contribution in [3.05, 3.63) is 35.6 Å². The first-order valence-corrected chi connectivity index (χ1v) is 8.76. The average Bonchev–Trinajstić information content (AvgIpc) is 2.82. The van der Waals surface area contributed by atoms with Crippen LogP contribution in [0.2, 0.25) is 5.28 Å². The van der Waals surface area contributed by atoms with Crippen LogP contribution in [0.5, 0.6) is 0 Å². The van der Waals surface area contributed by atoms with Crippen molar-refractivity contribution in [3.63, 3.8) is 0 Å². The van der Waals surface area contributed by atoms with Crippen molar-refractivity contribution in [2.24, 2.45) is 0 Å². The molecule has 0 amide bonds. The molecule has 0 spiro atoms. The van der Waals surface area contributed by atoms with Crippen molar-refractivity contribution < 1.29 is 0 Å². The van der Waals surface area contributed by atoms with Gasteiger partial charge in [0.25, 0.3) is 0 Å². The molecule has 3 nitrogen and oxygen atoms in total. The molecule has 1 aromatic carbocycles. The lowest BCUT2D eigenvalue weighted by Crippen LogP contribution is -2.21. The van der Waals surface area contributed by atoms with Gasteiger partial charge in [0.1, 0.15) is 0 Å². The predicted octanol–water partition coefficient (Wildman–Crippen LogP) is 3.45. The second-order valence-electron chi connectivity index (χ2n) is 4.34. The number of rotatable bonds is 3. The lowest BCUT2D eigenvalue weighted by atomic mass is 10.2. The van der Waals surface area contributed by atoms with E-state index >= 15 is 0 Å². The van der Waals surface area contributed by atoms with Gasteiger partial charge in [-0.15, -0.1) is 10.2 Å². The van der Waals surface area contributed by atoms with Gasteiger partial charge in [-0.25, -0.2) is 0 Å². The van der Waals surface area contributed by atoms with E-state index in [4.69, 9.17) is 11.6 Å². The van der Waals surface area contributed by atoms with Crippen LogP contribution in [0.4, 0.5) is 0 Å². The quantitative estimate of drug-likeness (QED) is 0.868. The van der Waals surface area contributed by atoms with Crippen LogP contribution in [0, 0.1) is 0 Å². The molecule has 2 aromatic rings. The summed E-state index contributed by atoms with van der Waals surface area (Å²) in [5.74, 6) is 4.51. The molecule has 1 aliphatic heterocycles. The van der Waals surface area contributed by atoms with Crippen molar-refractivity contribution in [1.82, 2.24) is 14.8 Å². The highest BCUT2D eigenvalue weighted by Crippen LogP contribution is 2.28. The summed E-state index contributed by atoms with van der Waals surface area (Å²) in [6.45, 7) is 0.883. The van der Waals surface area contributed by atoms with Crippen LogP contribution >= 0.6 is 35.1 Å². The zero-order valence-electron chi connectivity index (χ0n) is 10.3. The normalized spacial score (nSPS) is 19.5. The first-order valence-electron chi connectivity index (χ1n) is 6.18. The van der Waals surface area contributed by atoms with E-state index < -0.39 is 0 Å². The third-order valence-electron chi connectivity index (χ3n) is 3.01. The van der Waals surface area contributed by atoms with Gasteiger partial charge in [0, 0.05) is 34.6 Å². The predicted molar refractivity (Wildman–Crippen MR) is 84.0 cm³/mol. The lowest BCUT2D eigenvalue weighted by molar-refractivity contribution is 0.700. The first-order chi connectivity index (χ1) is 9.34. The maximum Gasteiger partial charge on any atom is 0.225 e. The Morgan fingerprint density at radius 3 is 2.79 bits per heavy atom. The molecular weight excluding hydrogens is 298 g/mol. The van der Waals surface area contributed by atoms with Gasteiger partial charge in [-0.1, -0.05) is 30.3 Å². The fraction of sp³-hybridized carbons (Fsp3) is 0.385. The van der Waals surface area contributed by atoms with Gasteiger partial charge in [-0.05, 0) is 11.6 Å². The molecule has 0 bridgehead atoms. The highest BCUT2D eigenvalue weighted by atomic mass is 35.5. The summed E-state index contributed by atoms with van der Waals surface area (Å²) < 4.78 is 2.03. The minimum atomic E-state index is 0.482. The Morgan fingerprint density at radius 2 is 2.05 bits per heavy atom. The number of aromatic nitrogens is 3. The van der Waals surface area contributed by atoms with Crippen LogP contribution in [0.1, 0.15) is 0 Å². The molecular formula is C13H14ClN3S2. The molecule has 1 fully saturated rings. The summed E-state index contributed by atoms with van der Waals surface area (Å²) in [5, 5.41) is 9.31. The minimum absolute atomic E-state index is 0.482. The van der Waals surface area contributed by atoms with E-state index in [1.165, 1.54) is 17.3 Å². The SMILES string of the molecule is Clc1nnc(-c2ccccc2)n1CC1CSCCS1. The standard InChI is InChI=1S/C13H14ClN3S2/c14-13-16-15-12(10-4-2-1-3-5-10)17(13)8-11-9-18-6-7-19-11/h1-5,11H,6-9H2. The molecule has 0 N–H and O–H groups in total. The van der Waals surface area contributed by atoms with Crippen LogP contribution in [0.25, 0.3) is 11.4 Å². The summed E-state index contributed by atoms with van der Waals surface area (Å²) in [4.78, 5) is 0. The Morgan fingerprint density at radius 1 is 1.21 bits per heavy atom. The zero-order valence-corrected chi connectivity index (χ0v) is 12.7. The van der Waals surface area contributed by atoms with Crippen LogP contribution < -0.4 is 0 Å². The summed E-state index contributed by atoms with van der Waals surface area (Å²) >= 11 is 10.2. The molecule has 19 heavy (non-hydrogen) atoms.